The third-order valence-electron chi connectivity index (χ3n) is 3.01. The monoisotopic (exact) mass is 254 g/mol. The van der Waals surface area contributed by atoms with Gasteiger partial charge in [0, 0.05) is 30.0 Å². The van der Waals surface area contributed by atoms with E-state index in [2.05, 4.69) is 20.5 Å². The molecule has 0 atom stereocenters. The van der Waals surface area contributed by atoms with Gasteiger partial charge in [0.25, 0.3) is 0 Å². The molecule has 6 heteroatoms. The maximum absolute atomic E-state index is 5.76. The van der Waals surface area contributed by atoms with E-state index < -0.39 is 0 Å². The maximum Gasteiger partial charge on any atom is 0.151 e. The number of aromatic nitrogens is 4. The van der Waals surface area contributed by atoms with Crippen LogP contribution in [0.5, 0.6) is 0 Å². The Hall–Kier alpha value is -2.63. The Morgan fingerprint density at radius 3 is 3.00 bits per heavy atom. The second-order valence-corrected chi connectivity index (χ2v) is 4.35. The number of fused-ring (bicyclic) bond motifs is 1. The summed E-state index contributed by atoms with van der Waals surface area (Å²) < 4.78 is 1.88. The Morgan fingerprint density at radius 1 is 1.32 bits per heavy atom. The molecule has 0 fully saturated rings. The number of nitrogen functional groups attached to an aromatic ring is 1. The minimum atomic E-state index is 0.611. The van der Waals surface area contributed by atoms with Gasteiger partial charge in [0.15, 0.2) is 5.82 Å². The van der Waals surface area contributed by atoms with Crippen LogP contribution in [0.1, 0.15) is 5.82 Å². The molecule has 0 saturated carbocycles. The number of nitrogens with zero attached hydrogens (tertiary/aromatic N) is 4. The lowest BCUT2D eigenvalue weighted by Gasteiger charge is -2.09. The van der Waals surface area contributed by atoms with Gasteiger partial charge in [-0.05, 0) is 24.3 Å². The van der Waals surface area contributed by atoms with Crippen LogP contribution in [-0.4, -0.2) is 19.7 Å². The van der Waals surface area contributed by atoms with Crippen LogP contribution < -0.4 is 11.1 Å². The summed E-state index contributed by atoms with van der Waals surface area (Å²) in [6.45, 7) is 0.611. The van der Waals surface area contributed by atoms with E-state index in [4.69, 9.17) is 5.73 Å². The lowest BCUT2D eigenvalue weighted by Crippen LogP contribution is -2.06. The van der Waals surface area contributed by atoms with Crippen LogP contribution in [0.4, 0.5) is 11.4 Å². The van der Waals surface area contributed by atoms with Gasteiger partial charge in [0.2, 0.25) is 0 Å². The molecule has 3 aromatic rings. The SMILES string of the molecule is Cn1cnnc1CNc1ccnc2cc(N)ccc12. The molecule has 96 valence electrons. The van der Waals surface area contributed by atoms with Gasteiger partial charge >= 0.3 is 0 Å². The van der Waals surface area contributed by atoms with Crippen LogP contribution in [0, 0.1) is 0 Å². The summed E-state index contributed by atoms with van der Waals surface area (Å²) in [6.07, 6.45) is 3.45. The summed E-state index contributed by atoms with van der Waals surface area (Å²) >= 11 is 0. The van der Waals surface area contributed by atoms with Crippen molar-refractivity contribution in [3.05, 3.63) is 42.6 Å². The van der Waals surface area contributed by atoms with Crippen molar-refractivity contribution in [2.45, 2.75) is 6.54 Å². The highest BCUT2D eigenvalue weighted by Gasteiger charge is 2.04. The molecule has 19 heavy (non-hydrogen) atoms. The van der Waals surface area contributed by atoms with Gasteiger partial charge in [-0.1, -0.05) is 0 Å². The number of nitrogens with one attached hydrogen (secondary N) is 1. The van der Waals surface area contributed by atoms with E-state index in [9.17, 15) is 0 Å². The number of aryl methyl sites for hydroxylation is 1. The molecule has 6 nitrogen and oxygen atoms in total. The smallest absolute Gasteiger partial charge is 0.151 e. The Labute approximate surface area is 110 Å². The van der Waals surface area contributed by atoms with Crippen LogP contribution in [-0.2, 0) is 13.6 Å². The van der Waals surface area contributed by atoms with Gasteiger partial charge in [-0.25, -0.2) is 0 Å². The van der Waals surface area contributed by atoms with Gasteiger partial charge in [-0.2, -0.15) is 0 Å². The number of benzene rings is 1. The lowest BCUT2D eigenvalue weighted by molar-refractivity contribution is 0.812. The van der Waals surface area contributed by atoms with Crippen molar-refractivity contribution in [3.63, 3.8) is 0 Å². The Morgan fingerprint density at radius 2 is 2.21 bits per heavy atom. The van der Waals surface area contributed by atoms with E-state index in [1.165, 1.54) is 0 Å². The lowest BCUT2D eigenvalue weighted by atomic mass is 10.1. The van der Waals surface area contributed by atoms with Crippen LogP contribution in [0.2, 0.25) is 0 Å². The van der Waals surface area contributed by atoms with E-state index in [-0.39, 0.29) is 0 Å². The summed E-state index contributed by atoms with van der Waals surface area (Å²) in [7, 11) is 1.92. The number of pyridine rings is 1. The third kappa shape index (κ3) is 2.20. The highest BCUT2D eigenvalue weighted by molar-refractivity contribution is 5.92. The summed E-state index contributed by atoms with van der Waals surface area (Å²) in [5.74, 6) is 0.875. The van der Waals surface area contributed by atoms with Crippen molar-refractivity contribution in [1.29, 1.82) is 0 Å². The van der Waals surface area contributed by atoms with Crippen LogP contribution in [0.15, 0.2) is 36.8 Å². The van der Waals surface area contributed by atoms with E-state index in [0.717, 1.165) is 22.4 Å². The van der Waals surface area contributed by atoms with Gasteiger partial charge in [0.05, 0.1) is 12.1 Å². The fourth-order valence-corrected chi connectivity index (χ4v) is 1.96. The van der Waals surface area contributed by atoms with Crippen molar-refractivity contribution in [1.82, 2.24) is 19.7 Å². The van der Waals surface area contributed by atoms with Crippen LogP contribution >= 0.6 is 0 Å². The minimum Gasteiger partial charge on any atom is -0.399 e. The maximum atomic E-state index is 5.76. The molecule has 2 heterocycles. The third-order valence-corrected chi connectivity index (χ3v) is 3.01. The van der Waals surface area contributed by atoms with E-state index in [0.29, 0.717) is 12.2 Å². The van der Waals surface area contributed by atoms with E-state index in [1.807, 2.05) is 35.9 Å². The second-order valence-electron chi connectivity index (χ2n) is 4.35. The summed E-state index contributed by atoms with van der Waals surface area (Å²) in [5.41, 5.74) is 8.36. The van der Waals surface area contributed by atoms with Gasteiger partial charge in [0.1, 0.15) is 6.33 Å². The first-order valence-corrected chi connectivity index (χ1v) is 5.95. The zero-order valence-electron chi connectivity index (χ0n) is 10.5. The largest absolute Gasteiger partial charge is 0.399 e. The predicted octanol–water partition coefficient (Wildman–Crippen LogP) is 1.56. The standard InChI is InChI=1S/C13H14N6/c1-19-8-17-18-13(19)7-16-11-4-5-15-12-6-9(14)2-3-10(11)12/h2-6,8H,7,14H2,1H3,(H,15,16). The predicted molar refractivity (Wildman–Crippen MR) is 74.5 cm³/mol. The van der Waals surface area contributed by atoms with E-state index >= 15 is 0 Å². The van der Waals surface area contributed by atoms with Gasteiger partial charge in [-0.3, -0.25) is 4.98 Å². The van der Waals surface area contributed by atoms with Crippen molar-refractivity contribution >= 4 is 22.3 Å². The Kier molecular flexibility index (Phi) is 2.75. The topological polar surface area (TPSA) is 81.7 Å². The normalized spacial score (nSPS) is 10.8. The molecule has 0 unspecified atom stereocenters. The number of rotatable bonds is 3. The zero-order chi connectivity index (χ0) is 13.2. The number of anilines is 2. The Balaban J connectivity index is 1.91. The molecule has 0 bridgehead atoms. The average Bonchev–Trinajstić information content (AvgIpc) is 2.81. The van der Waals surface area contributed by atoms with Crippen LogP contribution in [0.25, 0.3) is 10.9 Å². The summed E-state index contributed by atoms with van der Waals surface area (Å²) in [5, 5.41) is 12.3. The molecule has 0 amide bonds. The summed E-state index contributed by atoms with van der Waals surface area (Å²) in [4.78, 5) is 4.31. The molecule has 0 radical (unpaired) electrons. The Bertz CT molecular complexity index is 718. The molecular formula is C13H14N6. The molecule has 3 rings (SSSR count). The molecule has 2 aromatic heterocycles. The van der Waals surface area contributed by atoms with Crippen molar-refractivity contribution in [3.8, 4) is 0 Å². The summed E-state index contributed by atoms with van der Waals surface area (Å²) in [6, 6.07) is 7.64. The van der Waals surface area contributed by atoms with Crippen molar-refractivity contribution < 1.29 is 0 Å². The molecule has 0 spiro atoms. The zero-order valence-corrected chi connectivity index (χ0v) is 10.5. The average molecular weight is 254 g/mol. The fraction of sp³-hybridized carbons (Fsp3) is 0.154. The molecule has 0 aliphatic heterocycles. The highest BCUT2D eigenvalue weighted by atomic mass is 15.3. The minimum absolute atomic E-state index is 0.611. The number of nitrogens with two attached hydrogens (primary N) is 1. The van der Waals surface area contributed by atoms with Gasteiger partial charge in [-0.15, -0.1) is 10.2 Å². The van der Waals surface area contributed by atoms with E-state index in [1.54, 1.807) is 12.5 Å². The van der Waals surface area contributed by atoms with Crippen molar-refractivity contribution in [2.24, 2.45) is 7.05 Å². The quantitative estimate of drug-likeness (QED) is 0.693. The first-order valence-electron chi connectivity index (χ1n) is 5.95. The highest BCUT2D eigenvalue weighted by Crippen LogP contribution is 2.23. The molecule has 0 saturated heterocycles. The first-order chi connectivity index (χ1) is 9.24. The number of hydrogen-bond acceptors (Lipinski definition) is 5. The number of hydrogen-bond donors (Lipinski definition) is 2. The second kappa shape index (κ2) is 4.56. The first kappa shape index (κ1) is 11.5. The molecule has 0 aliphatic rings. The molecular weight excluding hydrogens is 240 g/mol. The van der Waals surface area contributed by atoms with Crippen LogP contribution in [0.3, 0.4) is 0 Å². The molecule has 3 N–H and O–H groups in total. The molecule has 0 aliphatic carbocycles. The molecule has 1 aromatic carbocycles. The van der Waals surface area contributed by atoms with Gasteiger partial charge < -0.3 is 15.6 Å². The van der Waals surface area contributed by atoms with Crippen molar-refractivity contribution in [2.75, 3.05) is 11.1 Å². The fourth-order valence-electron chi connectivity index (χ4n) is 1.96.